The summed E-state index contributed by atoms with van der Waals surface area (Å²) in [7, 11) is 1.61. The van der Waals surface area contributed by atoms with E-state index in [1.54, 1.807) is 19.2 Å². The Morgan fingerprint density at radius 3 is 3.06 bits per heavy atom. The SMILES string of the molecule is COCCCNC(=O)NCC(O)c1ccco1. The van der Waals surface area contributed by atoms with E-state index < -0.39 is 6.10 Å². The summed E-state index contributed by atoms with van der Waals surface area (Å²) in [6.45, 7) is 1.26. The lowest BCUT2D eigenvalue weighted by atomic mass is 10.3. The monoisotopic (exact) mass is 242 g/mol. The maximum absolute atomic E-state index is 11.3. The molecule has 0 radical (unpaired) electrons. The molecule has 1 atom stereocenters. The molecule has 3 N–H and O–H groups in total. The van der Waals surface area contributed by atoms with Gasteiger partial charge in [-0.1, -0.05) is 0 Å². The van der Waals surface area contributed by atoms with Crippen LogP contribution in [0.25, 0.3) is 0 Å². The van der Waals surface area contributed by atoms with Gasteiger partial charge in [0, 0.05) is 20.3 Å². The van der Waals surface area contributed by atoms with E-state index in [1.807, 2.05) is 0 Å². The summed E-state index contributed by atoms with van der Waals surface area (Å²) >= 11 is 0. The molecule has 0 aliphatic rings. The van der Waals surface area contributed by atoms with Gasteiger partial charge in [-0.2, -0.15) is 0 Å². The lowest BCUT2D eigenvalue weighted by Gasteiger charge is -2.10. The zero-order valence-electron chi connectivity index (χ0n) is 9.81. The Morgan fingerprint density at radius 1 is 1.59 bits per heavy atom. The summed E-state index contributed by atoms with van der Waals surface area (Å²) in [4.78, 5) is 11.3. The first-order valence-corrected chi connectivity index (χ1v) is 5.46. The van der Waals surface area contributed by atoms with Crippen LogP contribution >= 0.6 is 0 Å². The summed E-state index contributed by atoms with van der Waals surface area (Å²) in [5.74, 6) is 0.435. The molecule has 17 heavy (non-hydrogen) atoms. The highest BCUT2D eigenvalue weighted by molar-refractivity contribution is 5.73. The van der Waals surface area contributed by atoms with Crippen LogP contribution < -0.4 is 10.6 Å². The van der Waals surface area contributed by atoms with Gasteiger partial charge in [-0.05, 0) is 18.6 Å². The van der Waals surface area contributed by atoms with Crippen LogP contribution in [0, 0.1) is 0 Å². The van der Waals surface area contributed by atoms with Crippen molar-refractivity contribution in [3.8, 4) is 0 Å². The standard InChI is InChI=1S/C11H18N2O4/c1-16-6-3-5-12-11(15)13-8-9(14)10-4-2-7-17-10/h2,4,7,9,14H,3,5-6,8H2,1H3,(H2,12,13,15). The molecule has 0 fully saturated rings. The van der Waals surface area contributed by atoms with Gasteiger partial charge in [-0.15, -0.1) is 0 Å². The van der Waals surface area contributed by atoms with Gasteiger partial charge in [-0.25, -0.2) is 4.79 Å². The summed E-state index contributed by atoms with van der Waals surface area (Å²) in [5.41, 5.74) is 0. The van der Waals surface area contributed by atoms with Gasteiger partial charge in [0.05, 0.1) is 12.8 Å². The highest BCUT2D eigenvalue weighted by Gasteiger charge is 2.11. The maximum atomic E-state index is 11.3. The molecule has 0 bridgehead atoms. The molecule has 1 aromatic rings. The lowest BCUT2D eigenvalue weighted by Crippen LogP contribution is -2.38. The van der Waals surface area contributed by atoms with Crippen molar-refractivity contribution in [1.82, 2.24) is 10.6 Å². The van der Waals surface area contributed by atoms with E-state index in [1.165, 1.54) is 6.26 Å². The molecule has 0 aliphatic heterocycles. The normalized spacial score (nSPS) is 12.1. The molecular formula is C11H18N2O4. The van der Waals surface area contributed by atoms with Gasteiger partial charge in [0.15, 0.2) is 0 Å². The molecule has 0 spiro atoms. The first-order chi connectivity index (χ1) is 8.24. The molecule has 0 aliphatic carbocycles. The quantitative estimate of drug-likeness (QED) is 0.613. The number of ether oxygens (including phenoxy) is 1. The number of carbonyl (C=O) groups excluding carboxylic acids is 1. The third-order valence-corrected chi connectivity index (χ3v) is 2.14. The van der Waals surface area contributed by atoms with Crippen molar-refractivity contribution in [3.63, 3.8) is 0 Å². The van der Waals surface area contributed by atoms with Crippen molar-refractivity contribution in [1.29, 1.82) is 0 Å². The Morgan fingerprint density at radius 2 is 2.41 bits per heavy atom. The van der Waals surface area contributed by atoms with Crippen LogP contribution in [0.15, 0.2) is 22.8 Å². The molecule has 1 rings (SSSR count). The van der Waals surface area contributed by atoms with Crippen LogP contribution in [-0.2, 0) is 4.74 Å². The molecule has 0 saturated carbocycles. The van der Waals surface area contributed by atoms with Gasteiger partial charge in [0.1, 0.15) is 11.9 Å². The van der Waals surface area contributed by atoms with E-state index in [9.17, 15) is 9.90 Å². The van der Waals surface area contributed by atoms with Gasteiger partial charge >= 0.3 is 6.03 Å². The molecule has 0 aromatic carbocycles. The van der Waals surface area contributed by atoms with E-state index >= 15 is 0 Å². The van der Waals surface area contributed by atoms with E-state index in [0.29, 0.717) is 18.9 Å². The molecule has 6 nitrogen and oxygen atoms in total. The Kier molecular flexibility index (Phi) is 6.13. The van der Waals surface area contributed by atoms with E-state index in [2.05, 4.69) is 10.6 Å². The largest absolute Gasteiger partial charge is 0.467 e. The van der Waals surface area contributed by atoms with Gasteiger partial charge in [0.2, 0.25) is 0 Å². The number of furan rings is 1. The van der Waals surface area contributed by atoms with Gasteiger partial charge in [0.25, 0.3) is 0 Å². The van der Waals surface area contributed by atoms with Crippen LogP contribution in [0.5, 0.6) is 0 Å². The first kappa shape index (κ1) is 13.5. The van der Waals surface area contributed by atoms with E-state index in [0.717, 1.165) is 6.42 Å². The molecular weight excluding hydrogens is 224 g/mol. The number of nitrogens with one attached hydrogen (secondary N) is 2. The second kappa shape index (κ2) is 7.70. The summed E-state index contributed by atoms with van der Waals surface area (Å²) in [6, 6.07) is 3.03. The van der Waals surface area contributed by atoms with E-state index in [-0.39, 0.29) is 12.6 Å². The maximum Gasteiger partial charge on any atom is 0.314 e. The number of aliphatic hydroxyl groups excluding tert-OH is 1. The third-order valence-electron chi connectivity index (χ3n) is 2.14. The number of amides is 2. The minimum Gasteiger partial charge on any atom is -0.467 e. The number of hydrogen-bond acceptors (Lipinski definition) is 4. The highest BCUT2D eigenvalue weighted by atomic mass is 16.5. The fourth-order valence-corrected chi connectivity index (χ4v) is 1.25. The lowest BCUT2D eigenvalue weighted by molar-refractivity contribution is 0.147. The van der Waals surface area contributed by atoms with Crippen LogP contribution in [0.4, 0.5) is 4.79 Å². The second-order valence-corrected chi connectivity index (χ2v) is 3.51. The molecule has 96 valence electrons. The summed E-state index contributed by atoms with van der Waals surface area (Å²) in [6.07, 6.45) is 1.41. The highest BCUT2D eigenvalue weighted by Crippen LogP contribution is 2.11. The zero-order valence-corrected chi connectivity index (χ0v) is 9.81. The van der Waals surface area contributed by atoms with Crippen molar-refractivity contribution >= 4 is 6.03 Å². The predicted octanol–water partition coefficient (Wildman–Crippen LogP) is 0.649. The average Bonchev–Trinajstić information content (AvgIpc) is 2.85. The summed E-state index contributed by atoms with van der Waals surface area (Å²) < 4.78 is 9.85. The topological polar surface area (TPSA) is 83.7 Å². The molecule has 2 amide bonds. The van der Waals surface area contributed by atoms with Crippen molar-refractivity contribution in [3.05, 3.63) is 24.2 Å². The number of methoxy groups -OCH3 is 1. The smallest absolute Gasteiger partial charge is 0.314 e. The van der Waals surface area contributed by atoms with Crippen LogP contribution in [-0.4, -0.2) is 37.9 Å². The third kappa shape index (κ3) is 5.37. The fraction of sp³-hybridized carbons (Fsp3) is 0.545. The molecule has 1 heterocycles. The Hall–Kier alpha value is -1.53. The van der Waals surface area contributed by atoms with Crippen molar-refractivity contribution in [2.24, 2.45) is 0 Å². The Labute approximate surface area is 99.9 Å². The van der Waals surface area contributed by atoms with Crippen LogP contribution in [0.1, 0.15) is 18.3 Å². The fourth-order valence-electron chi connectivity index (χ4n) is 1.25. The second-order valence-electron chi connectivity index (χ2n) is 3.51. The Balaban J connectivity index is 2.11. The Bertz CT molecular complexity index is 313. The number of urea groups is 1. The van der Waals surface area contributed by atoms with Gasteiger partial charge < -0.3 is 24.9 Å². The van der Waals surface area contributed by atoms with E-state index in [4.69, 9.17) is 9.15 Å². The van der Waals surface area contributed by atoms with Crippen molar-refractivity contribution in [2.45, 2.75) is 12.5 Å². The van der Waals surface area contributed by atoms with Crippen molar-refractivity contribution in [2.75, 3.05) is 26.8 Å². The molecule has 1 unspecified atom stereocenters. The van der Waals surface area contributed by atoms with Gasteiger partial charge in [-0.3, -0.25) is 0 Å². The minimum atomic E-state index is -0.824. The zero-order chi connectivity index (χ0) is 12.5. The average molecular weight is 242 g/mol. The number of aliphatic hydroxyl groups is 1. The number of hydrogen-bond donors (Lipinski definition) is 3. The van der Waals surface area contributed by atoms with Crippen LogP contribution in [0.2, 0.25) is 0 Å². The van der Waals surface area contributed by atoms with Crippen molar-refractivity contribution < 1.29 is 19.1 Å². The molecule has 0 saturated heterocycles. The molecule has 6 heteroatoms. The predicted molar refractivity (Wildman–Crippen MR) is 61.6 cm³/mol. The van der Waals surface area contributed by atoms with Crippen LogP contribution in [0.3, 0.4) is 0 Å². The molecule has 1 aromatic heterocycles. The first-order valence-electron chi connectivity index (χ1n) is 5.46. The number of rotatable bonds is 7. The summed E-state index contributed by atoms with van der Waals surface area (Å²) in [5, 5.41) is 14.8. The minimum absolute atomic E-state index is 0.115. The number of carbonyl (C=O) groups is 1.